The van der Waals surface area contributed by atoms with Gasteiger partial charge in [-0.3, -0.25) is 9.89 Å². The van der Waals surface area contributed by atoms with E-state index in [1.165, 1.54) is 0 Å². The van der Waals surface area contributed by atoms with Crippen LogP contribution in [0.2, 0.25) is 0 Å². The van der Waals surface area contributed by atoms with Crippen molar-refractivity contribution in [2.45, 2.75) is 64.8 Å². The second-order valence-electron chi connectivity index (χ2n) is 7.31. The molecule has 6 nitrogen and oxygen atoms in total. The molecule has 0 aromatic heterocycles. The van der Waals surface area contributed by atoms with Crippen molar-refractivity contribution in [3.63, 3.8) is 0 Å². The third-order valence-corrected chi connectivity index (χ3v) is 4.96. The molecule has 1 N–H and O–H groups in total. The Balaban J connectivity index is 0.00000312. The molecular formula is C18H37IN4O2. The molecule has 2 atom stereocenters. The van der Waals surface area contributed by atoms with Crippen LogP contribution in [0.5, 0.6) is 0 Å². The maximum atomic E-state index is 5.93. The van der Waals surface area contributed by atoms with Gasteiger partial charge in [0, 0.05) is 51.9 Å². The van der Waals surface area contributed by atoms with Crippen LogP contribution in [0.1, 0.15) is 40.5 Å². The fourth-order valence-electron chi connectivity index (χ4n) is 3.73. The first kappa shape index (κ1) is 22.9. The lowest BCUT2D eigenvalue weighted by Gasteiger charge is -2.37. The van der Waals surface area contributed by atoms with Crippen LogP contribution in [0.25, 0.3) is 0 Å². The van der Waals surface area contributed by atoms with Crippen molar-refractivity contribution in [1.29, 1.82) is 0 Å². The van der Waals surface area contributed by atoms with Crippen LogP contribution >= 0.6 is 24.0 Å². The van der Waals surface area contributed by atoms with E-state index in [-0.39, 0.29) is 36.2 Å². The van der Waals surface area contributed by atoms with Crippen LogP contribution in [0.4, 0.5) is 0 Å². The number of rotatable bonds is 6. The summed E-state index contributed by atoms with van der Waals surface area (Å²) >= 11 is 0. The van der Waals surface area contributed by atoms with E-state index < -0.39 is 0 Å². The molecule has 0 aromatic rings. The van der Waals surface area contributed by atoms with Crippen molar-refractivity contribution < 1.29 is 9.47 Å². The predicted molar refractivity (Wildman–Crippen MR) is 114 cm³/mol. The maximum Gasteiger partial charge on any atom is 0.193 e. The minimum Gasteiger partial charge on any atom is -0.375 e. The molecule has 0 spiro atoms. The van der Waals surface area contributed by atoms with Crippen molar-refractivity contribution in [2.75, 3.05) is 46.4 Å². The largest absolute Gasteiger partial charge is 0.375 e. The summed E-state index contributed by atoms with van der Waals surface area (Å²) < 4.78 is 11.7. The van der Waals surface area contributed by atoms with Gasteiger partial charge in [-0.2, -0.15) is 0 Å². The van der Waals surface area contributed by atoms with Gasteiger partial charge >= 0.3 is 0 Å². The molecule has 0 aromatic carbocycles. The molecule has 2 saturated heterocycles. The Hall–Kier alpha value is -0.120. The molecule has 2 fully saturated rings. The van der Waals surface area contributed by atoms with E-state index >= 15 is 0 Å². The number of ether oxygens (including phenoxy) is 2. The van der Waals surface area contributed by atoms with E-state index in [2.05, 4.69) is 47.8 Å². The monoisotopic (exact) mass is 468 g/mol. The summed E-state index contributed by atoms with van der Waals surface area (Å²) in [5.41, 5.74) is 0. The van der Waals surface area contributed by atoms with E-state index in [0.29, 0.717) is 12.1 Å². The van der Waals surface area contributed by atoms with Gasteiger partial charge in [0.1, 0.15) is 6.10 Å². The number of halogens is 1. The van der Waals surface area contributed by atoms with Crippen LogP contribution in [0, 0.1) is 0 Å². The first-order valence-corrected chi connectivity index (χ1v) is 9.47. The molecule has 2 rings (SSSR count). The van der Waals surface area contributed by atoms with E-state index in [0.717, 1.165) is 58.2 Å². The van der Waals surface area contributed by atoms with Gasteiger partial charge in [-0.1, -0.05) is 0 Å². The Bertz CT molecular complexity index is 393. The highest BCUT2D eigenvalue weighted by Crippen LogP contribution is 2.21. The summed E-state index contributed by atoms with van der Waals surface area (Å²) in [6, 6.07) is 1.11. The van der Waals surface area contributed by atoms with Crippen molar-refractivity contribution in [3.8, 4) is 0 Å². The van der Waals surface area contributed by atoms with E-state index in [9.17, 15) is 0 Å². The standard InChI is InChI=1S/C18H36N4O2.HI/c1-14(2)22(15(3)4)9-8-20-18(19-5)21-10-12-24-17(13-21)16-7-6-11-23-16;/h14-17H,6-13H2,1-5H3,(H,19,20);1H. The molecule has 0 radical (unpaired) electrons. The topological polar surface area (TPSA) is 49.3 Å². The zero-order valence-electron chi connectivity index (χ0n) is 16.5. The third kappa shape index (κ3) is 6.84. The van der Waals surface area contributed by atoms with Crippen molar-refractivity contribution in [3.05, 3.63) is 0 Å². The summed E-state index contributed by atoms with van der Waals surface area (Å²) in [5.74, 6) is 0.980. The number of hydrogen-bond donors (Lipinski definition) is 1. The number of hydrogen-bond acceptors (Lipinski definition) is 4. The molecule has 2 unspecified atom stereocenters. The quantitative estimate of drug-likeness (QED) is 0.368. The Labute approximate surface area is 170 Å². The Morgan fingerprint density at radius 3 is 2.40 bits per heavy atom. The first-order chi connectivity index (χ1) is 11.5. The molecule has 0 aliphatic carbocycles. The molecule has 7 heteroatoms. The average Bonchev–Trinajstić information content (AvgIpc) is 3.09. The van der Waals surface area contributed by atoms with Gasteiger partial charge in [0.2, 0.25) is 0 Å². The number of guanidine groups is 1. The zero-order valence-corrected chi connectivity index (χ0v) is 18.9. The van der Waals surface area contributed by atoms with E-state index in [4.69, 9.17) is 9.47 Å². The Morgan fingerprint density at radius 1 is 1.16 bits per heavy atom. The Kier molecular flexibility index (Phi) is 10.6. The fourth-order valence-corrected chi connectivity index (χ4v) is 3.73. The fraction of sp³-hybridized carbons (Fsp3) is 0.944. The van der Waals surface area contributed by atoms with Gasteiger partial charge < -0.3 is 19.7 Å². The molecule has 0 amide bonds. The average molecular weight is 468 g/mol. The van der Waals surface area contributed by atoms with Gasteiger partial charge in [-0.25, -0.2) is 0 Å². The minimum atomic E-state index is 0. The third-order valence-electron chi connectivity index (χ3n) is 4.96. The highest BCUT2D eigenvalue weighted by atomic mass is 127. The highest BCUT2D eigenvalue weighted by Gasteiger charge is 2.32. The molecule has 2 heterocycles. The number of morpholine rings is 1. The van der Waals surface area contributed by atoms with Crippen LogP contribution < -0.4 is 5.32 Å². The van der Waals surface area contributed by atoms with E-state index in [1.54, 1.807) is 0 Å². The van der Waals surface area contributed by atoms with Gasteiger partial charge in [0.05, 0.1) is 12.7 Å². The first-order valence-electron chi connectivity index (χ1n) is 9.47. The van der Waals surface area contributed by atoms with Crippen molar-refractivity contribution >= 4 is 29.9 Å². The molecule has 0 bridgehead atoms. The number of nitrogens with zero attached hydrogens (tertiary/aromatic N) is 3. The second-order valence-corrected chi connectivity index (χ2v) is 7.31. The SMILES string of the molecule is CN=C(NCCN(C(C)C)C(C)C)N1CCOC(C2CCCO2)C1.I. The predicted octanol–water partition coefficient (Wildman–Crippen LogP) is 2.18. The lowest BCUT2D eigenvalue weighted by molar-refractivity contribution is -0.0817. The van der Waals surface area contributed by atoms with Gasteiger partial charge in [0.25, 0.3) is 0 Å². The van der Waals surface area contributed by atoms with Crippen LogP contribution in [0.3, 0.4) is 0 Å². The zero-order chi connectivity index (χ0) is 17.5. The lowest BCUT2D eigenvalue weighted by Crippen LogP contribution is -2.54. The highest BCUT2D eigenvalue weighted by molar-refractivity contribution is 14.0. The molecular weight excluding hydrogens is 431 g/mol. The maximum absolute atomic E-state index is 5.93. The van der Waals surface area contributed by atoms with Gasteiger partial charge in [-0.15, -0.1) is 24.0 Å². The summed E-state index contributed by atoms with van der Waals surface area (Å²) in [5, 5.41) is 3.53. The van der Waals surface area contributed by atoms with Gasteiger partial charge in [-0.05, 0) is 40.5 Å². The summed E-state index contributed by atoms with van der Waals surface area (Å²) in [7, 11) is 1.86. The normalized spacial score (nSPS) is 25.0. The van der Waals surface area contributed by atoms with Crippen LogP contribution in [0.15, 0.2) is 4.99 Å². The smallest absolute Gasteiger partial charge is 0.193 e. The van der Waals surface area contributed by atoms with Crippen molar-refractivity contribution in [1.82, 2.24) is 15.1 Å². The minimum absolute atomic E-state index is 0. The lowest BCUT2D eigenvalue weighted by atomic mass is 10.1. The van der Waals surface area contributed by atoms with Crippen molar-refractivity contribution in [2.24, 2.45) is 4.99 Å². The van der Waals surface area contributed by atoms with Crippen LogP contribution in [-0.4, -0.2) is 86.5 Å². The number of aliphatic imine (C=N–C) groups is 1. The Morgan fingerprint density at radius 2 is 1.84 bits per heavy atom. The van der Waals surface area contributed by atoms with E-state index in [1.807, 2.05) is 7.05 Å². The molecule has 25 heavy (non-hydrogen) atoms. The van der Waals surface area contributed by atoms with Gasteiger partial charge in [0.15, 0.2) is 5.96 Å². The molecule has 148 valence electrons. The molecule has 2 aliphatic rings. The number of nitrogens with one attached hydrogen (secondary N) is 1. The second kappa shape index (κ2) is 11.6. The summed E-state index contributed by atoms with van der Waals surface area (Å²) in [6.07, 6.45) is 2.69. The van der Waals surface area contributed by atoms with Crippen LogP contribution in [-0.2, 0) is 9.47 Å². The summed E-state index contributed by atoms with van der Waals surface area (Å²) in [4.78, 5) is 9.28. The molecule has 0 saturated carbocycles. The summed E-state index contributed by atoms with van der Waals surface area (Å²) in [6.45, 7) is 14.3. The molecule has 2 aliphatic heterocycles.